The molecule has 0 unspecified atom stereocenters. The summed E-state index contributed by atoms with van der Waals surface area (Å²) in [6, 6.07) is 7.54. The summed E-state index contributed by atoms with van der Waals surface area (Å²) in [5.74, 6) is 0.321. The van der Waals surface area contributed by atoms with E-state index in [4.69, 9.17) is 10.5 Å². The van der Waals surface area contributed by atoms with Crippen molar-refractivity contribution in [3.8, 4) is 11.8 Å². The van der Waals surface area contributed by atoms with Crippen LogP contribution in [-0.2, 0) is 4.79 Å². The van der Waals surface area contributed by atoms with Gasteiger partial charge in [-0.25, -0.2) is 0 Å². The molecule has 1 amide bonds. The number of nitrogens with two attached hydrogens (primary N) is 1. The third-order valence-corrected chi connectivity index (χ3v) is 3.77. The molecule has 6 nitrogen and oxygen atoms in total. The number of amides is 1. The van der Waals surface area contributed by atoms with E-state index < -0.39 is 0 Å². The van der Waals surface area contributed by atoms with E-state index in [0.717, 1.165) is 25.2 Å². The second-order valence-electron chi connectivity index (χ2n) is 5.22. The summed E-state index contributed by atoms with van der Waals surface area (Å²) in [5.41, 5.74) is 6.76. The Bertz CT molecular complexity index is 567. The standard InChI is InChI=1S/C15H20N4O2/c1-10(15(17)20)18-12-5-6-19(9-12)14-4-3-13(21-2)7-11(14)8-16/h3-4,7,10,12,18H,5-6,9H2,1-2H3,(H2,17,20)/t10-,12-/m0/s1. The van der Waals surface area contributed by atoms with Gasteiger partial charge in [-0.05, 0) is 31.5 Å². The van der Waals surface area contributed by atoms with E-state index in [-0.39, 0.29) is 18.0 Å². The highest BCUT2D eigenvalue weighted by Gasteiger charge is 2.26. The Labute approximate surface area is 124 Å². The van der Waals surface area contributed by atoms with Crippen molar-refractivity contribution < 1.29 is 9.53 Å². The molecule has 0 aromatic heterocycles. The maximum atomic E-state index is 11.1. The van der Waals surface area contributed by atoms with E-state index in [1.807, 2.05) is 12.1 Å². The van der Waals surface area contributed by atoms with Gasteiger partial charge in [0.2, 0.25) is 5.91 Å². The molecule has 0 radical (unpaired) electrons. The lowest BCUT2D eigenvalue weighted by Crippen LogP contribution is -2.45. The molecule has 1 aliphatic rings. The van der Waals surface area contributed by atoms with Crippen molar-refractivity contribution in [1.29, 1.82) is 5.26 Å². The number of hydrogen-bond donors (Lipinski definition) is 2. The van der Waals surface area contributed by atoms with Gasteiger partial charge in [-0.2, -0.15) is 5.26 Å². The quantitative estimate of drug-likeness (QED) is 0.828. The van der Waals surface area contributed by atoms with Gasteiger partial charge in [0.15, 0.2) is 0 Å². The van der Waals surface area contributed by atoms with Crippen molar-refractivity contribution in [2.75, 3.05) is 25.1 Å². The summed E-state index contributed by atoms with van der Waals surface area (Å²) >= 11 is 0. The number of benzene rings is 1. The minimum Gasteiger partial charge on any atom is -0.497 e. The summed E-state index contributed by atoms with van der Waals surface area (Å²) in [7, 11) is 1.58. The molecule has 1 aliphatic heterocycles. The van der Waals surface area contributed by atoms with Gasteiger partial charge in [0.1, 0.15) is 11.8 Å². The third-order valence-electron chi connectivity index (χ3n) is 3.77. The monoisotopic (exact) mass is 288 g/mol. The minimum atomic E-state index is -0.351. The van der Waals surface area contributed by atoms with E-state index in [1.54, 1.807) is 20.1 Å². The van der Waals surface area contributed by atoms with Crippen LogP contribution in [0.5, 0.6) is 5.75 Å². The Morgan fingerprint density at radius 2 is 2.38 bits per heavy atom. The van der Waals surface area contributed by atoms with Crippen LogP contribution in [0.15, 0.2) is 18.2 Å². The molecule has 1 fully saturated rings. The number of nitrogens with one attached hydrogen (secondary N) is 1. The van der Waals surface area contributed by atoms with E-state index in [2.05, 4.69) is 16.3 Å². The number of carbonyl (C=O) groups is 1. The molecule has 1 heterocycles. The topological polar surface area (TPSA) is 91.4 Å². The maximum absolute atomic E-state index is 11.1. The summed E-state index contributed by atoms with van der Waals surface area (Å²) in [4.78, 5) is 13.2. The molecule has 0 aliphatic carbocycles. The predicted octanol–water partition coefficient (Wildman–Crippen LogP) is 0.609. The van der Waals surface area contributed by atoms with Crippen LogP contribution in [0.1, 0.15) is 18.9 Å². The van der Waals surface area contributed by atoms with Crippen LogP contribution in [0.4, 0.5) is 5.69 Å². The molecule has 3 N–H and O–H groups in total. The zero-order chi connectivity index (χ0) is 15.4. The smallest absolute Gasteiger partial charge is 0.234 e. The number of hydrogen-bond acceptors (Lipinski definition) is 5. The number of nitriles is 1. The molecule has 0 bridgehead atoms. The number of methoxy groups -OCH3 is 1. The highest BCUT2D eigenvalue weighted by Crippen LogP contribution is 2.27. The van der Waals surface area contributed by atoms with Crippen molar-refractivity contribution >= 4 is 11.6 Å². The Kier molecular flexibility index (Phi) is 4.66. The molecule has 0 spiro atoms. The van der Waals surface area contributed by atoms with E-state index in [1.165, 1.54) is 0 Å². The van der Waals surface area contributed by atoms with Crippen LogP contribution in [-0.4, -0.2) is 38.2 Å². The van der Waals surface area contributed by atoms with E-state index in [0.29, 0.717) is 11.3 Å². The Morgan fingerprint density at radius 3 is 3.00 bits per heavy atom. The second kappa shape index (κ2) is 6.46. The SMILES string of the molecule is COc1ccc(N2CC[C@H](N[C@@H](C)C(N)=O)C2)c(C#N)c1. The molecule has 1 aromatic rings. The number of ether oxygens (including phenoxy) is 1. The van der Waals surface area contributed by atoms with Crippen molar-refractivity contribution in [2.45, 2.75) is 25.4 Å². The van der Waals surface area contributed by atoms with Crippen LogP contribution in [0.25, 0.3) is 0 Å². The van der Waals surface area contributed by atoms with Crippen LogP contribution in [0.2, 0.25) is 0 Å². The van der Waals surface area contributed by atoms with Crippen LogP contribution >= 0.6 is 0 Å². The normalized spacial score (nSPS) is 19.1. The molecule has 0 saturated carbocycles. The highest BCUT2D eigenvalue weighted by atomic mass is 16.5. The maximum Gasteiger partial charge on any atom is 0.234 e. The molecule has 21 heavy (non-hydrogen) atoms. The third kappa shape index (κ3) is 3.44. The molecule has 2 atom stereocenters. The van der Waals surface area contributed by atoms with Gasteiger partial charge >= 0.3 is 0 Å². The lowest BCUT2D eigenvalue weighted by Gasteiger charge is -2.21. The molecule has 112 valence electrons. The summed E-state index contributed by atoms with van der Waals surface area (Å²) in [6.45, 7) is 3.35. The first-order valence-corrected chi connectivity index (χ1v) is 6.93. The van der Waals surface area contributed by atoms with Crippen molar-refractivity contribution in [2.24, 2.45) is 5.73 Å². The van der Waals surface area contributed by atoms with Crippen LogP contribution < -0.4 is 20.7 Å². The summed E-state index contributed by atoms with van der Waals surface area (Å²) in [5, 5.41) is 12.5. The van der Waals surface area contributed by atoms with Crippen molar-refractivity contribution in [3.63, 3.8) is 0 Å². The van der Waals surface area contributed by atoms with E-state index in [9.17, 15) is 10.1 Å². The number of primary amides is 1. The minimum absolute atomic E-state index is 0.196. The number of rotatable bonds is 5. The number of carbonyl (C=O) groups excluding carboxylic acids is 1. The average molecular weight is 288 g/mol. The first-order chi connectivity index (χ1) is 10.0. The fraction of sp³-hybridized carbons (Fsp3) is 0.467. The van der Waals surface area contributed by atoms with Gasteiger partial charge in [0.05, 0.1) is 24.4 Å². The lowest BCUT2D eigenvalue weighted by molar-refractivity contribution is -0.119. The number of anilines is 1. The molecular weight excluding hydrogens is 268 g/mol. The fourth-order valence-corrected chi connectivity index (χ4v) is 2.56. The van der Waals surface area contributed by atoms with Gasteiger partial charge < -0.3 is 20.7 Å². The summed E-state index contributed by atoms with van der Waals surface area (Å²) in [6.07, 6.45) is 0.911. The van der Waals surface area contributed by atoms with Crippen LogP contribution in [0, 0.1) is 11.3 Å². The fourth-order valence-electron chi connectivity index (χ4n) is 2.56. The predicted molar refractivity (Wildman–Crippen MR) is 80.1 cm³/mol. The van der Waals surface area contributed by atoms with Gasteiger partial charge in [0.25, 0.3) is 0 Å². The van der Waals surface area contributed by atoms with E-state index >= 15 is 0 Å². The van der Waals surface area contributed by atoms with Crippen molar-refractivity contribution in [1.82, 2.24) is 5.32 Å². The van der Waals surface area contributed by atoms with Crippen LogP contribution in [0.3, 0.4) is 0 Å². The Hall–Kier alpha value is -2.26. The second-order valence-corrected chi connectivity index (χ2v) is 5.22. The first-order valence-electron chi connectivity index (χ1n) is 6.93. The molecular formula is C15H20N4O2. The zero-order valence-electron chi connectivity index (χ0n) is 12.3. The van der Waals surface area contributed by atoms with Crippen molar-refractivity contribution in [3.05, 3.63) is 23.8 Å². The average Bonchev–Trinajstić information content (AvgIpc) is 2.94. The zero-order valence-corrected chi connectivity index (χ0v) is 12.3. The van der Waals surface area contributed by atoms with Gasteiger partial charge in [-0.3, -0.25) is 4.79 Å². The largest absolute Gasteiger partial charge is 0.497 e. The Morgan fingerprint density at radius 1 is 1.62 bits per heavy atom. The van der Waals surface area contributed by atoms with Gasteiger partial charge in [0, 0.05) is 19.1 Å². The lowest BCUT2D eigenvalue weighted by atomic mass is 10.1. The first kappa shape index (κ1) is 15.1. The molecule has 1 aromatic carbocycles. The number of nitrogens with zero attached hydrogens (tertiary/aromatic N) is 2. The van der Waals surface area contributed by atoms with Gasteiger partial charge in [-0.1, -0.05) is 0 Å². The summed E-state index contributed by atoms with van der Waals surface area (Å²) < 4.78 is 5.14. The Balaban J connectivity index is 2.08. The molecule has 6 heteroatoms. The van der Waals surface area contributed by atoms with Gasteiger partial charge in [-0.15, -0.1) is 0 Å². The highest BCUT2D eigenvalue weighted by molar-refractivity contribution is 5.79. The molecule has 2 rings (SSSR count). The molecule has 1 saturated heterocycles.